The average molecular weight is 270 g/mol. The van der Waals surface area contributed by atoms with Gasteiger partial charge in [-0.2, -0.15) is 0 Å². The molecule has 0 radical (unpaired) electrons. The molecule has 0 atom stereocenters. The number of carboxylic acid groups (broad SMARTS) is 1. The fourth-order valence-electron chi connectivity index (χ4n) is 1.37. The Morgan fingerprint density at radius 1 is 1.60 bits per heavy atom. The number of aromatic carboxylic acids is 1. The maximum absolute atomic E-state index is 10.8. The van der Waals surface area contributed by atoms with E-state index in [2.05, 4.69) is 15.9 Å². The van der Waals surface area contributed by atoms with E-state index in [4.69, 9.17) is 9.52 Å². The highest BCUT2D eigenvalue weighted by Gasteiger charge is 2.09. The van der Waals surface area contributed by atoms with Gasteiger partial charge in [0, 0.05) is 11.8 Å². The van der Waals surface area contributed by atoms with Gasteiger partial charge in [0.2, 0.25) is 0 Å². The van der Waals surface area contributed by atoms with Crippen LogP contribution in [0.1, 0.15) is 16.1 Å². The van der Waals surface area contributed by atoms with E-state index in [-0.39, 0.29) is 5.69 Å². The minimum absolute atomic E-state index is 0.271. The van der Waals surface area contributed by atoms with Gasteiger partial charge in [-0.15, -0.1) is 0 Å². The molecule has 5 heteroatoms. The van der Waals surface area contributed by atoms with Crippen LogP contribution in [0.2, 0.25) is 0 Å². The minimum atomic E-state index is -0.928. The number of nitrogens with zero attached hydrogens (tertiary/aromatic N) is 1. The smallest absolute Gasteiger partial charge is 0.352 e. The summed E-state index contributed by atoms with van der Waals surface area (Å²) < 4.78 is 7.36. The molecular weight excluding hydrogens is 262 g/mol. The van der Waals surface area contributed by atoms with Crippen molar-refractivity contribution < 1.29 is 14.3 Å². The van der Waals surface area contributed by atoms with Crippen molar-refractivity contribution in [3.8, 4) is 0 Å². The summed E-state index contributed by atoms with van der Waals surface area (Å²) in [6.45, 7) is 0.490. The van der Waals surface area contributed by atoms with Crippen LogP contribution in [0.3, 0.4) is 0 Å². The summed E-state index contributed by atoms with van der Waals surface area (Å²) >= 11 is 3.19. The normalized spacial score (nSPS) is 10.5. The third kappa shape index (κ3) is 2.12. The molecule has 15 heavy (non-hydrogen) atoms. The molecule has 0 saturated carbocycles. The molecule has 2 aromatic rings. The molecule has 1 N–H and O–H groups in total. The van der Waals surface area contributed by atoms with Crippen molar-refractivity contribution in [2.24, 2.45) is 0 Å². The van der Waals surface area contributed by atoms with Gasteiger partial charge in [-0.25, -0.2) is 4.79 Å². The molecule has 0 aliphatic carbocycles. The van der Waals surface area contributed by atoms with Crippen molar-refractivity contribution in [1.29, 1.82) is 0 Å². The van der Waals surface area contributed by atoms with Crippen molar-refractivity contribution in [3.05, 3.63) is 46.6 Å². The van der Waals surface area contributed by atoms with E-state index in [0.29, 0.717) is 11.2 Å². The van der Waals surface area contributed by atoms with Crippen LogP contribution in [-0.2, 0) is 6.54 Å². The van der Waals surface area contributed by atoms with Gasteiger partial charge in [0.15, 0.2) is 4.67 Å². The summed E-state index contributed by atoms with van der Waals surface area (Å²) in [7, 11) is 0. The summed E-state index contributed by atoms with van der Waals surface area (Å²) in [6.07, 6.45) is 3.32. The molecule has 0 saturated heterocycles. The number of hydrogen-bond acceptors (Lipinski definition) is 2. The zero-order chi connectivity index (χ0) is 10.8. The predicted molar refractivity (Wildman–Crippen MR) is 56.9 cm³/mol. The second-order valence-electron chi connectivity index (χ2n) is 3.09. The number of halogens is 1. The average Bonchev–Trinajstić information content (AvgIpc) is 2.75. The lowest BCUT2D eigenvalue weighted by Crippen LogP contribution is -2.07. The molecule has 4 nitrogen and oxygen atoms in total. The quantitative estimate of drug-likeness (QED) is 0.932. The number of hydrogen-bond donors (Lipinski definition) is 1. The van der Waals surface area contributed by atoms with Crippen LogP contribution in [0.25, 0.3) is 0 Å². The standard InChI is InChI=1S/C10H8BrNO3/c11-9-4-7(6-15-9)5-12-3-1-2-8(12)10(13)14/h1-4,6H,5H2,(H,13,14). The molecule has 0 bridgehead atoms. The van der Waals surface area contributed by atoms with E-state index >= 15 is 0 Å². The Kier molecular flexibility index (Phi) is 2.64. The van der Waals surface area contributed by atoms with E-state index in [9.17, 15) is 4.79 Å². The predicted octanol–water partition coefficient (Wildman–Crippen LogP) is 2.59. The molecule has 0 aromatic carbocycles. The van der Waals surface area contributed by atoms with Crippen LogP contribution in [0.15, 0.2) is 39.7 Å². The molecule has 78 valence electrons. The highest BCUT2D eigenvalue weighted by molar-refractivity contribution is 9.10. The first-order valence-corrected chi connectivity index (χ1v) is 5.07. The molecule has 0 spiro atoms. The Bertz CT molecular complexity index is 486. The minimum Gasteiger partial charge on any atom is -0.477 e. The van der Waals surface area contributed by atoms with Crippen LogP contribution < -0.4 is 0 Å². The van der Waals surface area contributed by atoms with Crippen LogP contribution in [-0.4, -0.2) is 15.6 Å². The van der Waals surface area contributed by atoms with Gasteiger partial charge in [-0.1, -0.05) is 0 Å². The van der Waals surface area contributed by atoms with Gasteiger partial charge in [0.25, 0.3) is 0 Å². The Hall–Kier alpha value is -1.49. The van der Waals surface area contributed by atoms with Gasteiger partial charge in [-0.05, 0) is 34.1 Å². The lowest BCUT2D eigenvalue weighted by atomic mass is 10.3. The van der Waals surface area contributed by atoms with Crippen LogP contribution >= 0.6 is 15.9 Å². The maximum atomic E-state index is 10.8. The SMILES string of the molecule is O=C(O)c1cccn1Cc1coc(Br)c1. The number of furan rings is 1. The molecular formula is C10H8BrNO3. The lowest BCUT2D eigenvalue weighted by molar-refractivity contribution is 0.0685. The zero-order valence-corrected chi connectivity index (χ0v) is 9.27. The number of carbonyl (C=O) groups is 1. The largest absolute Gasteiger partial charge is 0.477 e. The van der Waals surface area contributed by atoms with Gasteiger partial charge in [0.1, 0.15) is 5.69 Å². The summed E-state index contributed by atoms with van der Waals surface area (Å²) in [4.78, 5) is 10.8. The first-order valence-electron chi connectivity index (χ1n) is 4.28. The molecule has 2 heterocycles. The third-order valence-corrected chi connectivity index (χ3v) is 2.44. The van der Waals surface area contributed by atoms with Crippen LogP contribution in [0.4, 0.5) is 0 Å². The van der Waals surface area contributed by atoms with E-state index in [1.165, 1.54) is 0 Å². The second kappa shape index (κ2) is 3.94. The molecule has 0 unspecified atom stereocenters. The number of rotatable bonds is 3. The monoisotopic (exact) mass is 269 g/mol. The molecule has 0 aliphatic heterocycles. The van der Waals surface area contributed by atoms with Gasteiger partial charge in [0.05, 0.1) is 12.8 Å². The van der Waals surface area contributed by atoms with Gasteiger partial charge >= 0.3 is 5.97 Å². The molecule has 0 fully saturated rings. The molecule has 2 rings (SSSR count). The third-order valence-electron chi connectivity index (χ3n) is 2.02. The first kappa shape index (κ1) is 10.0. The van der Waals surface area contributed by atoms with Crippen molar-refractivity contribution in [2.45, 2.75) is 6.54 Å². The van der Waals surface area contributed by atoms with Crippen molar-refractivity contribution in [2.75, 3.05) is 0 Å². The topological polar surface area (TPSA) is 55.4 Å². The summed E-state index contributed by atoms with van der Waals surface area (Å²) in [5.74, 6) is -0.928. The van der Waals surface area contributed by atoms with E-state index in [0.717, 1.165) is 5.56 Å². The maximum Gasteiger partial charge on any atom is 0.352 e. The fraction of sp³-hybridized carbons (Fsp3) is 0.100. The van der Waals surface area contributed by atoms with Crippen LogP contribution in [0.5, 0.6) is 0 Å². The van der Waals surface area contributed by atoms with Crippen molar-refractivity contribution >= 4 is 21.9 Å². The summed E-state index contributed by atoms with van der Waals surface area (Å²) in [6, 6.07) is 5.08. The molecule has 2 aromatic heterocycles. The fourth-order valence-corrected chi connectivity index (χ4v) is 1.76. The molecule has 0 aliphatic rings. The van der Waals surface area contributed by atoms with E-state index in [1.807, 2.05) is 6.07 Å². The van der Waals surface area contributed by atoms with E-state index < -0.39 is 5.97 Å². The first-order chi connectivity index (χ1) is 7.16. The highest BCUT2D eigenvalue weighted by atomic mass is 79.9. The Labute approximate surface area is 94.3 Å². The molecule has 0 amide bonds. The van der Waals surface area contributed by atoms with E-state index in [1.54, 1.807) is 29.2 Å². The Morgan fingerprint density at radius 3 is 3.00 bits per heavy atom. The Balaban J connectivity index is 2.24. The van der Waals surface area contributed by atoms with Crippen molar-refractivity contribution in [3.63, 3.8) is 0 Å². The summed E-state index contributed by atoms with van der Waals surface area (Å²) in [5.41, 5.74) is 1.19. The number of aromatic nitrogens is 1. The van der Waals surface area contributed by atoms with Gasteiger partial charge in [-0.3, -0.25) is 0 Å². The Morgan fingerprint density at radius 2 is 2.40 bits per heavy atom. The zero-order valence-electron chi connectivity index (χ0n) is 7.68. The van der Waals surface area contributed by atoms with Crippen LogP contribution in [0, 0.1) is 0 Å². The van der Waals surface area contributed by atoms with Gasteiger partial charge < -0.3 is 14.1 Å². The highest BCUT2D eigenvalue weighted by Crippen LogP contribution is 2.16. The summed E-state index contributed by atoms with van der Waals surface area (Å²) in [5, 5.41) is 8.88. The second-order valence-corrected chi connectivity index (χ2v) is 3.87. The number of carboxylic acids is 1. The lowest BCUT2D eigenvalue weighted by Gasteiger charge is -2.03. The van der Waals surface area contributed by atoms with Crippen molar-refractivity contribution in [1.82, 2.24) is 4.57 Å².